The Bertz CT molecular complexity index is 529. The van der Waals surface area contributed by atoms with Crippen LogP contribution in [0.3, 0.4) is 0 Å². The smallest absolute Gasteiger partial charge is 0.461 e. The number of nitrogens with one attached hydrogen (secondary N) is 1. The van der Waals surface area contributed by atoms with Gasteiger partial charge < -0.3 is 9.84 Å². The van der Waals surface area contributed by atoms with Gasteiger partial charge in [0.1, 0.15) is 11.8 Å². The van der Waals surface area contributed by atoms with E-state index in [9.17, 15) is 22.4 Å². The van der Waals surface area contributed by atoms with Gasteiger partial charge in [0.25, 0.3) is 0 Å². The van der Waals surface area contributed by atoms with Crippen molar-refractivity contribution in [3.8, 4) is 5.75 Å². The summed E-state index contributed by atoms with van der Waals surface area (Å²) < 4.78 is 53.8. The van der Waals surface area contributed by atoms with Crippen molar-refractivity contribution in [1.82, 2.24) is 5.32 Å². The molecule has 1 aromatic carbocycles. The molecule has 1 saturated heterocycles. The van der Waals surface area contributed by atoms with E-state index in [1.807, 2.05) is 0 Å². The molecular formula is C12H11F4NO3S. The second-order valence-corrected chi connectivity index (χ2v) is 5.45. The van der Waals surface area contributed by atoms with Crippen molar-refractivity contribution in [2.24, 2.45) is 0 Å². The van der Waals surface area contributed by atoms with E-state index in [-0.39, 0.29) is 0 Å². The van der Waals surface area contributed by atoms with Gasteiger partial charge in [-0.2, -0.15) is 17.6 Å². The molecule has 2 unspecified atom stereocenters. The Hall–Kier alpha value is -1.48. The van der Waals surface area contributed by atoms with E-state index in [1.54, 1.807) is 6.07 Å². The van der Waals surface area contributed by atoms with Crippen LogP contribution in [0.2, 0.25) is 0 Å². The van der Waals surface area contributed by atoms with E-state index in [2.05, 4.69) is 10.1 Å². The van der Waals surface area contributed by atoms with E-state index in [4.69, 9.17) is 5.11 Å². The number of thioether (sulfide) groups is 1. The molecule has 21 heavy (non-hydrogen) atoms. The molecule has 1 aromatic rings. The van der Waals surface area contributed by atoms with Gasteiger partial charge in [-0.25, -0.2) is 0 Å². The molecule has 9 heteroatoms. The van der Waals surface area contributed by atoms with Gasteiger partial charge in [0.05, 0.1) is 5.37 Å². The van der Waals surface area contributed by atoms with Crippen molar-refractivity contribution >= 4 is 17.7 Å². The lowest BCUT2D eigenvalue weighted by molar-refractivity contribution is -0.253. The molecule has 1 heterocycles. The van der Waals surface area contributed by atoms with Crippen LogP contribution in [0.25, 0.3) is 0 Å². The number of rotatable bonds is 5. The summed E-state index contributed by atoms with van der Waals surface area (Å²) in [5, 5.41) is 11.2. The Morgan fingerprint density at radius 2 is 2.19 bits per heavy atom. The number of carbonyl (C=O) groups is 1. The van der Waals surface area contributed by atoms with Gasteiger partial charge in [-0.05, 0) is 17.7 Å². The Morgan fingerprint density at radius 3 is 2.76 bits per heavy atom. The van der Waals surface area contributed by atoms with E-state index in [0.29, 0.717) is 11.3 Å². The number of carboxylic acids is 1. The summed E-state index contributed by atoms with van der Waals surface area (Å²) in [6.45, 7) is 0. The molecule has 1 fully saturated rings. The van der Waals surface area contributed by atoms with Gasteiger partial charge in [-0.3, -0.25) is 10.1 Å². The van der Waals surface area contributed by atoms with Crippen molar-refractivity contribution in [2.75, 3.05) is 5.75 Å². The minimum atomic E-state index is -4.57. The Balaban J connectivity index is 2.10. The van der Waals surface area contributed by atoms with Crippen molar-refractivity contribution in [2.45, 2.75) is 23.9 Å². The van der Waals surface area contributed by atoms with Gasteiger partial charge in [-0.15, -0.1) is 11.8 Å². The van der Waals surface area contributed by atoms with Gasteiger partial charge in [0.15, 0.2) is 0 Å². The summed E-state index contributed by atoms with van der Waals surface area (Å²) in [5.74, 6) is -1.10. The monoisotopic (exact) mass is 325 g/mol. The van der Waals surface area contributed by atoms with Gasteiger partial charge in [0.2, 0.25) is 0 Å². The molecule has 0 aliphatic carbocycles. The number of aliphatic carboxylic acids is 1. The van der Waals surface area contributed by atoms with Crippen LogP contribution in [0, 0.1) is 0 Å². The van der Waals surface area contributed by atoms with E-state index in [1.165, 1.54) is 23.9 Å². The van der Waals surface area contributed by atoms with Crippen LogP contribution in [0.5, 0.6) is 5.75 Å². The first-order valence-electron chi connectivity index (χ1n) is 5.85. The first-order chi connectivity index (χ1) is 9.79. The molecule has 0 radical (unpaired) electrons. The van der Waals surface area contributed by atoms with Crippen LogP contribution in [-0.4, -0.2) is 35.4 Å². The van der Waals surface area contributed by atoms with E-state index < -0.39 is 35.7 Å². The lowest BCUT2D eigenvalue weighted by atomic mass is 10.2. The SMILES string of the molecule is O=C(O)C1CSC(c2cccc(OC(F)(F)C(F)F)c2)N1. The maximum atomic E-state index is 12.8. The first-order valence-corrected chi connectivity index (χ1v) is 6.90. The zero-order valence-corrected chi connectivity index (χ0v) is 11.2. The molecule has 0 aromatic heterocycles. The molecular weight excluding hydrogens is 314 g/mol. The van der Waals surface area contributed by atoms with Crippen LogP contribution >= 0.6 is 11.8 Å². The number of alkyl halides is 4. The summed E-state index contributed by atoms with van der Waals surface area (Å²) in [6, 6.07) is 4.52. The average molecular weight is 325 g/mol. The summed E-state index contributed by atoms with van der Waals surface area (Å²) in [5.41, 5.74) is 0.478. The quantitative estimate of drug-likeness (QED) is 0.815. The number of hydrogen-bond acceptors (Lipinski definition) is 4. The third-order valence-electron chi connectivity index (χ3n) is 2.75. The van der Waals surface area contributed by atoms with Crippen LogP contribution in [-0.2, 0) is 4.79 Å². The van der Waals surface area contributed by atoms with Gasteiger partial charge in [-0.1, -0.05) is 12.1 Å². The fourth-order valence-corrected chi connectivity index (χ4v) is 2.97. The molecule has 2 N–H and O–H groups in total. The summed E-state index contributed by atoms with van der Waals surface area (Å²) in [6.07, 6.45) is -8.50. The van der Waals surface area contributed by atoms with E-state index >= 15 is 0 Å². The molecule has 0 spiro atoms. The predicted molar refractivity (Wildman–Crippen MR) is 67.8 cm³/mol. The number of carboxylic acid groups (broad SMARTS) is 1. The highest BCUT2D eigenvalue weighted by molar-refractivity contribution is 7.99. The Labute approximate surface area is 121 Å². The Kier molecular flexibility index (Phi) is 4.62. The van der Waals surface area contributed by atoms with Crippen molar-refractivity contribution in [3.63, 3.8) is 0 Å². The highest BCUT2D eigenvalue weighted by Gasteiger charge is 2.44. The minimum absolute atomic E-state index is 0.318. The van der Waals surface area contributed by atoms with Crippen molar-refractivity contribution < 1.29 is 32.2 Å². The first kappa shape index (κ1) is 15.9. The van der Waals surface area contributed by atoms with Gasteiger partial charge in [0, 0.05) is 5.75 Å². The molecule has 1 aliphatic heterocycles. The third kappa shape index (κ3) is 3.79. The largest absolute Gasteiger partial charge is 0.480 e. The zero-order chi connectivity index (χ0) is 15.6. The summed E-state index contributed by atoms with van der Waals surface area (Å²) in [7, 11) is 0. The molecule has 4 nitrogen and oxygen atoms in total. The summed E-state index contributed by atoms with van der Waals surface area (Å²) in [4.78, 5) is 10.8. The number of benzene rings is 1. The van der Waals surface area contributed by atoms with Crippen LogP contribution < -0.4 is 10.1 Å². The maximum absolute atomic E-state index is 12.8. The minimum Gasteiger partial charge on any atom is -0.480 e. The number of hydrogen-bond donors (Lipinski definition) is 2. The molecule has 2 atom stereocenters. The summed E-state index contributed by atoms with van der Waals surface area (Å²) >= 11 is 1.28. The number of halogens is 4. The molecule has 0 bridgehead atoms. The normalized spacial score (nSPS) is 22.5. The van der Waals surface area contributed by atoms with Crippen LogP contribution in [0.1, 0.15) is 10.9 Å². The van der Waals surface area contributed by atoms with Crippen LogP contribution in [0.4, 0.5) is 17.6 Å². The standard InChI is InChI=1S/C12H11F4NO3S/c13-11(14)12(15,16)20-7-3-1-2-6(4-7)9-17-8(5-21-9)10(18)19/h1-4,8-9,11,17H,5H2,(H,18,19). The molecule has 0 amide bonds. The zero-order valence-electron chi connectivity index (χ0n) is 10.4. The molecule has 116 valence electrons. The topological polar surface area (TPSA) is 58.6 Å². The van der Waals surface area contributed by atoms with Gasteiger partial charge >= 0.3 is 18.5 Å². The van der Waals surface area contributed by atoms with E-state index in [0.717, 1.165) is 6.07 Å². The lowest BCUT2D eigenvalue weighted by Gasteiger charge is -2.18. The molecule has 2 rings (SSSR count). The van der Waals surface area contributed by atoms with Crippen molar-refractivity contribution in [1.29, 1.82) is 0 Å². The average Bonchev–Trinajstić information content (AvgIpc) is 2.88. The molecule has 1 aliphatic rings. The van der Waals surface area contributed by atoms with Crippen LogP contribution in [0.15, 0.2) is 24.3 Å². The maximum Gasteiger partial charge on any atom is 0.461 e. The third-order valence-corrected chi connectivity index (χ3v) is 4.02. The van der Waals surface area contributed by atoms with Crippen molar-refractivity contribution in [3.05, 3.63) is 29.8 Å². The predicted octanol–water partition coefficient (Wildman–Crippen LogP) is 2.71. The Morgan fingerprint density at radius 1 is 1.48 bits per heavy atom. The fourth-order valence-electron chi connectivity index (χ4n) is 1.75. The fraction of sp³-hybridized carbons (Fsp3) is 0.417. The second kappa shape index (κ2) is 6.10. The number of ether oxygens (including phenoxy) is 1. The highest BCUT2D eigenvalue weighted by atomic mass is 32.2. The molecule has 0 saturated carbocycles. The highest BCUT2D eigenvalue weighted by Crippen LogP contribution is 2.35. The lowest BCUT2D eigenvalue weighted by Crippen LogP contribution is -2.34. The second-order valence-electron chi connectivity index (χ2n) is 4.31.